The SMILES string of the molecule is C[C@@]12NCC[C@@H]1CC[C@@H]2CO. The Hall–Kier alpha value is -0.0800. The third-order valence-corrected chi connectivity index (χ3v) is 3.78. The largest absolute Gasteiger partial charge is 0.396 e. The van der Waals surface area contributed by atoms with E-state index in [2.05, 4.69) is 12.2 Å². The van der Waals surface area contributed by atoms with Gasteiger partial charge in [0.15, 0.2) is 0 Å². The number of rotatable bonds is 1. The molecule has 0 amide bonds. The van der Waals surface area contributed by atoms with Crippen LogP contribution in [0.25, 0.3) is 0 Å². The summed E-state index contributed by atoms with van der Waals surface area (Å²) < 4.78 is 0. The maximum Gasteiger partial charge on any atom is 0.0476 e. The third-order valence-electron chi connectivity index (χ3n) is 3.78. The Morgan fingerprint density at radius 1 is 1.45 bits per heavy atom. The molecule has 1 aliphatic carbocycles. The Morgan fingerprint density at radius 2 is 2.27 bits per heavy atom. The molecule has 1 saturated carbocycles. The van der Waals surface area contributed by atoms with Gasteiger partial charge in [-0.25, -0.2) is 0 Å². The fourth-order valence-electron chi connectivity index (χ4n) is 2.86. The minimum absolute atomic E-state index is 0.273. The van der Waals surface area contributed by atoms with Crippen molar-refractivity contribution in [1.29, 1.82) is 0 Å². The Bertz CT molecular complexity index is 160. The Balaban J connectivity index is 2.16. The zero-order valence-electron chi connectivity index (χ0n) is 7.14. The van der Waals surface area contributed by atoms with Crippen LogP contribution in [-0.2, 0) is 0 Å². The van der Waals surface area contributed by atoms with Crippen molar-refractivity contribution in [2.45, 2.75) is 31.7 Å². The van der Waals surface area contributed by atoms with Gasteiger partial charge < -0.3 is 10.4 Å². The molecule has 2 rings (SSSR count). The first-order valence-corrected chi connectivity index (χ1v) is 4.63. The molecule has 2 N–H and O–H groups in total. The van der Waals surface area contributed by atoms with Crippen LogP contribution in [0.3, 0.4) is 0 Å². The van der Waals surface area contributed by atoms with Crippen LogP contribution in [0.15, 0.2) is 0 Å². The second-order valence-electron chi connectivity index (χ2n) is 4.15. The van der Waals surface area contributed by atoms with Gasteiger partial charge in [-0.1, -0.05) is 0 Å². The molecule has 0 aromatic heterocycles. The summed E-state index contributed by atoms with van der Waals surface area (Å²) in [6.45, 7) is 3.79. The molecule has 3 atom stereocenters. The van der Waals surface area contributed by atoms with E-state index in [1.54, 1.807) is 0 Å². The topological polar surface area (TPSA) is 32.3 Å². The van der Waals surface area contributed by atoms with E-state index in [4.69, 9.17) is 5.11 Å². The van der Waals surface area contributed by atoms with E-state index in [9.17, 15) is 0 Å². The van der Waals surface area contributed by atoms with Gasteiger partial charge in [0.2, 0.25) is 0 Å². The second-order valence-corrected chi connectivity index (χ2v) is 4.15. The first kappa shape index (κ1) is 7.56. The summed E-state index contributed by atoms with van der Waals surface area (Å²) in [6, 6.07) is 0. The lowest BCUT2D eigenvalue weighted by Crippen LogP contribution is -2.45. The molecular weight excluding hydrogens is 138 g/mol. The van der Waals surface area contributed by atoms with Crippen LogP contribution in [0, 0.1) is 11.8 Å². The molecular formula is C9H17NO. The van der Waals surface area contributed by atoms with Crippen LogP contribution in [0.2, 0.25) is 0 Å². The molecule has 0 spiro atoms. The molecule has 2 nitrogen and oxygen atoms in total. The first-order valence-electron chi connectivity index (χ1n) is 4.63. The Morgan fingerprint density at radius 3 is 3.00 bits per heavy atom. The van der Waals surface area contributed by atoms with Crippen molar-refractivity contribution in [3.8, 4) is 0 Å². The zero-order valence-corrected chi connectivity index (χ0v) is 7.14. The van der Waals surface area contributed by atoms with Crippen molar-refractivity contribution in [1.82, 2.24) is 5.32 Å². The van der Waals surface area contributed by atoms with Gasteiger partial charge in [-0.3, -0.25) is 0 Å². The summed E-state index contributed by atoms with van der Waals surface area (Å²) in [5, 5.41) is 12.7. The van der Waals surface area contributed by atoms with Crippen molar-refractivity contribution in [2.75, 3.05) is 13.2 Å². The monoisotopic (exact) mass is 155 g/mol. The standard InChI is InChI=1S/C9H17NO/c1-9-7(4-5-10-9)2-3-8(9)6-11/h7-8,10-11H,2-6H2,1H3/t7-,8+,9+/m0/s1. The van der Waals surface area contributed by atoms with E-state index in [1.165, 1.54) is 19.3 Å². The van der Waals surface area contributed by atoms with E-state index in [1.807, 2.05) is 0 Å². The molecule has 11 heavy (non-hydrogen) atoms. The van der Waals surface area contributed by atoms with Crippen molar-refractivity contribution in [3.05, 3.63) is 0 Å². The van der Waals surface area contributed by atoms with Crippen LogP contribution < -0.4 is 5.32 Å². The van der Waals surface area contributed by atoms with Gasteiger partial charge >= 0.3 is 0 Å². The van der Waals surface area contributed by atoms with Crippen LogP contribution in [0.4, 0.5) is 0 Å². The van der Waals surface area contributed by atoms with Gasteiger partial charge in [0.05, 0.1) is 0 Å². The smallest absolute Gasteiger partial charge is 0.0476 e. The molecule has 2 aliphatic rings. The predicted molar refractivity (Wildman–Crippen MR) is 44.3 cm³/mol. The average molecular weight is 155 g/mol. The first-order chi connectivity index (χ1) is 5.27. The highest BCUT2D eigenvalue weighted by molar-refractivity contribution is 5.05. The molecule has 2 heteroatoms. The Kier molecular flexibility index (Phi) is 1.69. The maximum absolute atomic E-state index is 9.14. The number of fused-ring (bicyclic) bond motifs is 1. The van der Waals surface area contributed by atoms with Gasteiger partial charge in [0.25, 0.3) is 0 Å². The molecule has 0 unspecified atom stereocenters. The van der Waals surface area contributed by atoms with E-state index in [-0.39, 0.29) is 5.54 Å². The number of nitrogens with one attached hydrogen (secondary N) is 1. The third kappa shape index (κ3) is 0.926. The van der Waals surface area contributed by atoms with Gasteiger partial charge in [-0.2, -0.15) is 0 Å². The molecule has 0 aromatic carbocycles. The number of hydrogen-bond donors (Lipinski definition) is 2. The van der Waals surface area contributed by atoms with E-state index in [0.717, 1.165) is 12.5 Å². The van der Waals surface area contributed by atoms with Crippen molar-refractivity contribution in [2.24, 2.45) is 11.8 Å². The predicted octanol–water partition coefficient (Wildman–Crippen LogP) is 0.757. The molecule has 64 valence electrons. The fraction of sp³-hybridized carbons (Fsp3) is 1.00. The summed E-state index contributed by atoms with van der Waals surface area (Å²) in [5.41, 5.74) is 0.273. The summed E-state index contributed by atoms with van der Waals surface area (Å²) in [4.78, 5) is 0. The van der Waals surface area contributed by atoms with Crippen LogP contribution >= 0.6 is 0 Å². The average Bonchev–Trinajstić information content (AvgIpc) is 2.44. The molecule has 2 fully saturated rings. The maximum atomic E-state index is 9.14. The van der Waals surface area contributed by atoms with Crippen molar-refractivity contribution >= 4 is 0 Å². The van der Waals surface area contributed by atoms with Gasteiger partial charge in [-0.15, -0.1) is 0 Å². The number of aliphatic hydroxyl groups is 1. The summed E-state index contributed by atoms with van der Waals surface area (Å²) in [6.07, 6.45) is 3.84. The molecule has 1 heterocycles. The van der Waals surface area contributed by atoms with Crippen LogP contribution in [0.1, 0.15) is 26.2 Å². The van der Waals surface area contributed by atoms with E-state index in [0.29, 0.717) is 12.5 Å². The van der Waals surface area contributed by atoms with E-state index >= 15 is 0 Å². The Labute approximate surface area is 68.0 Å². The van der Waals surface area contributed by atoms with Crippen molar-refractivity contribution < 1.29 is 5.11 Å². The minimum atomic E-state index is 0.273. The second kappa shape index (κ2) is 2.46. The fourth-order valence-corrected chi connectivity index (χ4v) is 2.86. The normalized spacial score (nSPS) is 49.6. The van der Waals surface area contributed by atoms with Gasteiger partial charge in [-0.05, 0) is 38.6 Å². The summed E-state index contributed by atoms with van der Waals surface area (Å²) in [7, 11) is 0. The van der Waals surface area contributed by atoms with Crippen molar-refractivity contribution in [3.63, 3.8) is 0 Å². The number of hydrogen-bond acceptors (Lipinski definition) is 2. The lowest BCUT2D eigenvalue weighted by Gasteiger charge is -2.30. The molecule has 0 aromatic rings. The number of aliphatic hydroxyl groups excluding tert-OH is 1. The van der Waals surface area contributed by atoms with Gasteiger partial charge in [0, 0.05) is 18.1 Å². The quantitative estimate of drug-likeness (QED) is 0.586. The van der Waals surface area contributed by atoms with Crippen LogP contribution in [-0.4, -0.2) is 23.8 Å². The highest BCUT2D eigenvalue weighted by Gasteiger charge is 2.48. The van der Waals surface area contributed by atoms with E-state index < -0.39 is 0 Å². The lowest BCUT2D eigenvalue weighted by atomic mass is 9.85. The molecule has 0 radical (unpaired) electrons. The van der Waals surface area contributed by atoms with Crippen LogP contribution in [0.5, 0.6) is 0 Å². The molecule has 0 bridgehead atoms. The highest BCUT2D eigenvalue weighted by Crippen LogP contribution is 2.44. The summed E-state index contributed by atoms with van der Waals surface area (Å²) >= 11 is 0. The minimum Gasteiger partial charge on any atom is -0.396 e. The molecule has 1 aliphatic heterocycles. The van der Waals surface area contributed by atoms with Gasteiger partial charge in [0.1, 0.15) is 0 Å². The lowest BCUT2D eigenvalue weighted by molar-refractivity contribution is 0.158. The summed E-state index contributed by atoms with van der Waals surface area (Å²) in [5.74, 6) is 1.34. The zero-order chi connectivity index (χ0) is 7.90. The molecule has 1 saturated heterocycles. The highest BCUT2D eigenvalue weighted by atomic mass is 16.3.